The predicted octanol–water partition coefficient (Wildman–Crippen LogP) is 2.44. The lowest BCUT2D eigenvalue weighted by Gasteiger charge is -2.09. The number of halogens is 2. The molecule has 6 heteroatoms. The number of hydrogen-bond acceptors (Lipinski definition) is 3. The Morgan fingerprint density at radius 1 is 1.19 bits per heavy atom. The Kier molecular flexibility index (Phi) is 4.84. The third kappa shape index (κ3) is 4.25. The zero-order chi connectivity index (χ0) is 15.2. The van der Waals surface area contributed by atoms with Gasteiger partial charge in [-0.25, -0.2) is 8.78 Å². The summed E-state index contributed by atoms with van der Waals surface area (Å²) >= 11 is 0. The maximum atomic E-state index is 13.6. The van der Waals surface area contributed by atoms with Crippen molar-refractivity contribution in [2.75, 3.05) is 11.9 Å². The zero-order valence-corrected chi connectivity index (χ0v) is 11.1. The van der Waals surface area contributed by atoms with Crippen molar-refractivity contribution >= 4 is 11.6 Å². The first-order chi connectivity index (χ1) is 10.1. The second-order valence-corrected chi connectivity index (χ2v) is 4.32. The highest BCUT2D eigenvalue weighted by Gasteiger charge is 2.08. The molecule has 0 spiro atoms. The Hall–Kier alpha value is -2.47. The van der Waals surface area contributed by atoms with Crippen LogP contribution in [0.25, 0.3) is 0 Å². The van der Waals surface area contributed by atoms with Gasteiger partial charge < -0.3 is 15.8 Å². The number of hydrogen-bond donors (Lipinski definition) is 2. The number of carbonyl (C=O) groups excluding carboxylic acids is 1. The number of nitrogens with one attached hydrogen (secondary N) is 1. The Labute approximate surface area is 120 Å². The first-order valence-electron chi connectivity index (χ1n) is 6.25. The molecular weight excluding hydrogens is 278 g/mol. The van der Waals surface area contributed by atoms with E-state index in [1.165, 1.54) is 36.4 Å². The molecule has 110 valence electrons. The monoisotopic (exact) mass is 292 g/mol. The van der Waals surface area contributed by atoms with Crippen LogP contribution < -0.4 is 15.8 Å². The lowest BCUT2D eigenvalue weighted by Crippen LogP contribution is -2.20. The fourth-order valence-electron chi connectivity index (χ4n) is 1.69. The smallest absolute Gasteiger partial charge is 0.262 e. The molecule has 0 saturated carbocycles. The van der Waals surface area contributed by atoms with Crippen LogP contribution in [0.15, 0.2) is 42.5 Å². The first-order valence-corrected chi connectivity index (χ1v) is 6.25. The fourth-order valence-corrected chi connectivity index (χ4v) is 1.69. The van der Waals surface area contributed by atoms with Crippen LogP contribution in [0.3, 0.4) is 0 Å². The summed E-state index contributed by atoms with van der Waals surface area (Å²) in [5, 5.41) is 2.45. The normalized spacial score (nSPS) is 10.2. The van der Waals surface area contributed by atoms with Crippen LogP contribution in [-0.4, -0.2) is 12.5 Å². The molecule has 21 heavy (non-hydrogen) atoms. The van der Waals surface area contributed by atoms with E-state index in [1.54, 1.807) is 6.07 Å². The van der Waals surface area contributed by atoms with Crippen molar-refractivity contribution in [1.29, 1.82) is 0 Å². The molecule has 1 amide bonds. The molecule has 4 nitrogen and oxygen atoms in total. The highest BCUT2D eigenvalue weighted by atomic mass is 19.1. The summed E-state index contributed by atoms with van der Waals surface area (Å²) in [7, 11) is 0. The number of anilines is 1. The van der Waals surface area contributed by atoms with E-state index in [-0.39, 0.29) is 18.9 Å². The summed E-state index contributed by atoms with van der Waals surface area (Å²) in [5.41, 5.74) is 6.32. The Bertz CT molecular complexity index is 647. The first kappa shape index (κ1) is 14.9. The average molecular weight is 292 g/mol. The second-order valence-electron chi connectivity index (χ2n) is 4.32. The maximum Gasteiger partial charge on any atom is 0.262 e. The summed E-state index contributed by atoms with van der Waals surface area (Å²) < 4.78 is 31.6. The van der Waals surface area contributed by atoms with E-state index in [1.807, 2.05) is 0 Å². The second kappa shape index (κ2) is 6.81. The molecule has 0 bridgehead atoms. The van der Waals surface area contributed by atoms with Gasteiger partial charge in [-0.15, -0.1) is 0 Å². The van der Waals surface area contributed by atoms with Gasteiger partial charge in [-0.2, -0.15) is 0 Å². The lowest BCUT2D eigenvalue weighted by molar-refractivity contribution is -0.118. The maximum absolute atomic E-state index is 13.6. The molecule has 2 rings (SSSR count). The van der Waals surface area contributed by atoms with Crippen LogP contribution in [0.5, 0.6) is 5.75 Å². The molecule has 2 aromatic rings. The SMILES string of the molecule is NCc1ccc(OCC(=O)Nc2cccc(F)c2)c(F)c1. The van der Waals surface area contributed by atoms with Gasteiger partial charge in [0.25, 0.3) is 5.91 Å². The van der Waals surface area contributed by atoms with Crippen molar-refractivity contribution in [2.45, 2.75) is 6.54 Å². The summed E-state index contributed by atoms with van der Waals surface area (Å²) in [6, 6.07) is 9.72. The van der Waals surface area contributed by atoms with Gasteiger partial charge in [-0.3, -0.25) is 4.79 Å². The van der Waals surface area contributed by atoms with E-state index in [2.05, 4.69) is 5.32 Å². The molecule has 0 aromatic heterocycles. The van der Waals surface area contributed by atoms with E-state index < -0.39 is 17.5 Å². The molecule has 2 aromatic carbocycles. The Morgan fingerprint density at radius 3 is 2.67 bits per heavy atom. The van der Waals surface area contributed by atoms with Gasteiger partial charge in [0.2, 0.25) is 0 Å². The summed E-state index contributed by atoms with van der Waals surface area (Å²) in [5.74, 6) is -1.60. The quantitative estimate of drug-likeness (QED) is 0.889. The van der Waals surface area contributed by atoms with E-state index in [4.69, 9.17) is 10.5 Å². The molecule has 0 heterocycles. The van der Waals surface area contributed by atoms with Gasteiger partial charge in [-0.1, -0.05) is 12.1 Å². The van der Waals surface area contributed by atoms with Crippen LogP contribution in [-0.2, 0) is 11.3 Å². The minimum absolute atomic E-state index is 0.0402. The number of amides is 1. The zero-order valence-electron chi connectivity index (χ0n) is 11.1. The van der Waals surface area contributed by atoms with E-state index in [9.17, 15) is 13.6 Å². The van der Waals surface area contributed by atoms with Crippen molar-refractivity contribution in [2.24, 2.45) is 5.73 Å². The van der Waals surface area contributed by atoms with Crippen molar-refractivity contribution < 1.29 is 18.3 Å². The molecule has 3 N–H and O–H groups in total. The molecule has 0 aliphatic heterocycles. The molecule has 0 fully saturated rings. The van der Waals surface area contributed by atoms with Crippen LogP contribution in [0, 0.1) is 11.6 Å². The van der Waals surface area contributed by atoms with Crippen molar-refractivity contribution in [1.82, 2.24) is 0 Å². The van der Waals surface area contributed by atoms with Gasteiger partial charge >= 0.3 is 0 Å². The van der Waals surface area contributed by atoms with Crippen LogP contribution in [0.2, 0.25) is 0 Å². The molecule has 0 aliphatic rings. The van der Waals surface area contributed by atoms with Gasteiger partial charge in [-0.05, 0) is 35.9 Å². The summed E-state index contributed by atoms with van der Waals surface area (Å²) in [4.78, 5) is 11.6. The highest BCUT2D eigenvalue weighted by molar-refractivity contribution is 5.91. The average Bonchev–Trinajstić information content (AvgIpc) is 2.46. The Balaban J connectivity index is 1.92. The number of benzene rings is 2. The molecule has 0 atom stereocenters. The van der Waals surface area contributed by atoms with Crippen LogP contribution in [0.4, 0.5) is 14.5 Å². The van der Waals surface area contributed by atoms with E-state index >= 15 is 0 Å². The third-order valence-electron chi connectivity index (χ3n) is 2.70. The van der Waals surface area contributed by atoms with Gasteiger partial charge in [0, 0.05) is 12.2 Å². The van der Waals surface area contributed by atoms with Gasteiger partial charge in [0.05, 0.1) is 0 Å². The topological polar surface area (TPSA) is 64.3 Å². The van der Waals surface area contributed by atoms with Crippen LogP contribution >= 0.6 is 0 Å². The van der Waals surface area contributed by atoms with Gasteiger partial charge in [0.15, 0.2) is 18.2 Å². The number of rotatable bonds is 5. The number of carbonyl (C=O) groups is 1. The number of nitrogens with two attached hydrogens (primary N) is 1. The minimum Gasteiger partial charge on any atom is -0.481 e. The van der Waals surface area contributed by atoms with Crippen molar-refractivity contribution in [3.8, 4) is 5.75 Å². The molecular formula is C15H14F2N2O2. The molecule has 0 aliphatic carbocycles. The highest BCUT2D eigenvalue weighted by Crippen LogP contribution is 2.18. The third-order valence-corrected chi connectivity index (χ3v) is 2.70. The summed E-state index contributed by atoms with van der Waals surface area (Å²) in [6.07, 6.45) is 0. The summed E-state index contributed by atoms with van der Waals surface area (Å²) in [6.45, 7) is -0.160. The lowest BCUT2D eigenvalue weighted by atomic mass is 10.2. The molecule has 0 saturated heterocycles. The minimum atomic E-state index is -0.587. The van der Waals surface area contributed by atoms with E-state index in [0.717, 1.165) is 0 Å². The Morgan fingerprint density at radius 2 is 2.00 bits per heavy atom. The largest absolute Gasteiger partial charge is 0.481 e. The van der Waals surface area contributed by atoms with Crippen molar-refractivity contribution in [3.05, 3.63) is 59.7 Å². The van der Waals surface area contributed by atoms with Crippen molar-refractivity contribution in [3.63, 3.8) is 0 Å². The van der Waals surface area contributed by atoms with Crippen LogP contribution in [0.1, 0.15) is 5.56 Å². The molecule has 0 radical (unpaired) electrons. The van der Waals surface area contributed by atoms with E-state index in [0.29, 0.717) is 11.3 Å². The molecule has 0 unspecified atom stereocenters. The predicted molar refractivity (Wildman–Crippen MR) is 74.8 cm³/mol. The fraction of sp³-hybridized carbons (Fsp3) is 0.133. The standard InChI is InChI=1S/C15H14F2N2O2/c16-11-2-1-3-12(7-11)19-15(20)9-21-14-5-4-10(8-18)6-13(14)17/h1-7H,8-9,18H2,(H,19,20). The van der Waals surface area contributed by atoms with Gasteiger partial charge in [0.1, 0.15) is 5.82 Å². The number of ether oxygens (including phenoxy) is 1.